The van der Waals surface area contributed by atoms with E-state index >= 15 is 0 Å². The molecule has 0 aliphatic rings. The molecule has 2 aromatic rings. The van der Waals surface area contributed by atoms with Crippen molar-refractivity contribution in [1.29, 1.82) is 0 Å². The Balaban J connectivity index is 1.91. The highest BCUT2D eigenvalue weighted by molar-refractivity contribution is 5.96. The van der Waals surface area contributed by atoms with Crippen molar-refractivity contribution in [2.75, 3.05) is 0 Å². The lowest BCUT2D eigenvalue weighted by molar-refractivity contribution is 0.0697. The number of aromatic carboxylic acids is 1. The summed E-state index contributed by atoms with van der Waals surface area (Å²) >= 11 is 0. The Morgan fingerprint density at radius 3 is 1.94 bits per heavy atom. The van der Waals surface area contributed by atoms with Crippen LogP contribution < -0.4 is 0 Å². The van der Waals surface area contributed by atoms with Crippen LogP contribution in [0.5, 0.6) is 0 Å². The Labute approximate surface area is 208 Å². The van der Waals surface area contributed by atoms with Crippen molar-refractivity contribution >= 4 is 12.0 Å². The normalized spacial score (nSPS) is 11.4. The minimum absolute atomic E-state index is 0.368. The molecule has 34 heavy (non-hydrogen) atoms. The Hall–Kier alpha value is -2.35. The molecule has 0 atom stereocenters. The van der Waals surface area contributed by atoms with Crippen LogP contribution in [0, 0.1) is 0 Å². The van der Waals surface area contributed by atoms with Crippen LogP contribution in [0.15, 0.2) is 48.5 Å². The predicted octanol–water partition coefficient (Wildman–Crippen LogP) is 10.1. The lowest BCUT2D eigenvalue weighted by atomic mass is 9.95. The molecule has 0 heterocycles. The first-order valence-electron chi connectivity index (χ1n) is 13.8. The zero-order chi connectivity index (χ0) is 24.4. The van der Waals surface area contributed by atoms with E-state index in [1.54, 1.807) is 6.07 Å². The van der Waals surface area contributed by atoms with Crippen LogP contribution in [-0.4, -0.2) is 11.1 Å². The maximum atomic E-state index is 11.8. The van der Waals surface area contributed by atoms with E-state index < -0.39 is 5.97 Å². The number of carboxylic acid groups (broad SMARTS) is 1. The molecule has 0 unspecified atom stereocenters. The van der Waals surface area contributed by atoms with Gasteiger partial charge in [0, 0.05) is 0 Å². The fourth-order valence-corrected chi connectivity index (χ4v) is 4.49. The Morgan fingerprint density at radius 1 is 0.735 bits per heavy atom. The van der Waals surface area contributed by atoms with E-state index in [2.05, 4.69) is 50.3 Å². The maximum absolute atomic E-state index is 11.8. The number of allylic oxidation sites excluding steroid dienone is 1. The molecule has 0 radical (unpaired) electrons. The van der Waals surface area contributed by atoms with Crippen molar-refractivity contribution < 1.29 is 9.90 Å². The minimum Gasteiger partial charge on any atom is -0.478 e. The van der Waals surface area contributed by atoms with Gasteiger partial charge in [-0.2, -0.15) is 0 Å². The molecule has 2 nitrogen and oxygen atoms in total. The number of carboxylic acids is 1. The van der Waals surface area contributed by atoms with Crippen molar-refractivity contribution in [2.45, 2.75) is 110 Å². The summed E-state index contributed by atoms with van der Waals surface area (Å²) < 4.78 is 0. The number of unbranched alkanes of at least 4 members (excludes halogenated alkanes) is 12. The molecule has 0 aliphatic heterocycles. The van der Waals surface area contributed by atoms with Gasteiger partial charge in [-0.3, -0.25) is 0 Å². The zero-order valence-corrected chi connectivity index (χ0v) is 21.7. The first-order valence-corrected chi connectivity index (χ1v) is 13.8. The van der Waals surface area contributed by atoms with Crippen molar-refractivity contribution in [3.8, 4) is 11.1 Å². The van der Waals surface area contributed by atoms with Gasteiger partial charge in [0.25, 0.3) is 0 Å². The highest BCUT2D eigenvalue weighted by atomic mass is 16.4. The van der Waals surface area contributed by atoms with Crippen molar-refractivity contribution in [2.24, 2.45) is 0 Å². The highest BCUT2D eigenvalue weighted by Crippen LogP contribution is 2.27. The standard InChI is InChI=1S/C32H46O2/c1-3-5-7-9-11-13-14-16-18-27-20-23-29(24-21-27)31-26-28(22-25-30(31)32(33)34)19-17-15-12-10-8-6-4-2/h17,19-26H,3-16,18H2,1-2H3,(H,33,34)/b19-17+. The van der Waals surface area contributed by atoms with Gasteiger partial charge in [0.1, 0.15) is 0 Å². The van der Waals surface area contributed by atoms with E-state index in [1.807, 2.05) is 12.1 Å². The SMILES string of the molecule is CCCCCCC/C=C/c1ccc(C(=O)O)c(-c2ccc(CCCCCCCCCC)cc2)c1. The van der Waals surface area contributed by atoms with Crippen molar-refractivity contribution in [1.82, 2.24) is 0 Å². The first-order chi connectivity index (χ1) is 16.7. The molecule has 0 saturated carbocycles. The van der Waals surface area contributed by atoms with E-state index in [0.717, 1.165) is 29.5 Å². The molecule has 2 heteroatoms. The predicted molar refractivity (Wildman–Crippen MR) is 148 cm³/mol. The van der Waals surface area contributed by atoms with Crippen molar-refractivity contribution in [3.05, 3.63) is 65.2 Å². The molecule has 0 fully saturated rings. The summed E-state index contributed by atoms with van der Waals surface area (Å²) in [4.78, 5) is 11.8. The number of rotatable bonds is 18. The Bertz CT molecular complexity index is 848. The molecule has 0 bridgehead atoms. The second kappa shape index (κ2) is 17.1. The molecule has 1 N–H and O–H groups in total. The largest absolute Gasteiger partial charge is 0.478 e. The topological polar surface area (TPSA) is 37.3 Å². The number of hydrogen-bond donors (Lipinski definition) is 1. The van der Waals surface area contributed by atoms with Crippen LogP contribution in [0.25, 0.3) is 17.2 Å². The summed E-state index contributed by atoms with van der Waals surface area (Å²) in [6.45, 7) is 4.50. The van der Waals surface area contributed by atoms with E-state index in [1.165, 1.54) is 89.0 Å². The van der Waals surface area contributed by atoms with E-state index in [9.17, 15) is 9.90 Å². The Morgan fingerprint density at radius 2 is 1.32 bits per heavy atom. The summed E-state index contributed by atoms with van der Waals surface area (Å²) in [7, 11) is 0. The van der Waals surface area contributed by atoms with E-state index in [0.29, 0.717) is 5.56 Å². The van der Waals surface area contributed by atoms with Gasteiger partial charge in [0.2, 0.25) is 0 Å². The molecule has 0 spiro atoms. The van der Waals surface area contributed by atoms with Crippen LogP contribution >= 0.6 is 0 Å². The van der Waals surface area contributed by atoms with Crippen LogP contribution in [-0.2, 0) is 6.42 Å². The van der Waals surface area contributed by atoms with Crippen LogP contribution in [0.4, 0.5) is 0 Å². The maximum Gasteiger partial charge on any atom is 0.336 e. The van der Waals surface area contributed by atoms with Gasteiger partial charge < -0.3 is 5.11 Å². The number of benzene rings is 2. The molecule has 0 saturated heterocycles. The monoisotopic (exact) mass is 462 g/mol. The molecular formula is C32H46O2. The first kappa shape index (κ1) is 27.9. The second-order valence-corrected chi connectivity index (χ2v) is 9.64. The van der Waals surface area contributed by atoms with Crippen LogP contribution in [0.3, 0.4) is 0 Å². The summed E-state index contributed by atoms with van der Waals surface area (Å²) in [6.07, 6.45) is 23.6. The fourth-order valence-electron chi connectivity index (χ4n) is 4.49. The van der Waals surface area contributed by atoms with Gasteiger partial charge in [-0.15, -0.1) is 0 Å². The fraction of sp³-hybridized carbons (Fsp3) is 0.531. The van der Waals surface area contributed by atoms with Crippen LogP contribution in [0.1, 0.15) is 125 Å². The molecular weight excluding hydrogens is 416 g/mol. The van der Waals surface area contributed by atoms with E-state index in [-0.39, 0.29) is 0 Å². The quantitative estimate of drug-likeness (QED) is 0.224. The summed E-state index contributed by atoms with van der Waals surface area (Å²) in [5, 5.41) is 9.71. The molecule has 0 amide bonds. The lowest BCUT2D eigenvalue weighted by Crippen LogP contribution is -2.00. The molecule has 2 aromatic carbocycles. The van der Waals surface area contributed by atoms with Gasteiger partial charge >= 0.3 is 5.97 Å². The van der Waals surface area contributed by atoms with Gasteiger partial charge in [-0.1, -0.05) is 127 Å². The smallest absolute Gasteiger partial charge is 0.336 e. The van der Waals surface area contributed by atoms with Gasteiger partial charge in [-0.05, 0) is 60.1 Å². The van der Waals surface area contributed by atoms with Gasteiger partial charge in [0.05, 0.1) is 5.56 Å². The lowest BCUT2D eigenvalue weighted by Gasteiger charge is -2.09. The number of hydrogen-bond acceptors (Lipinski definition) is 1. The molecule has 0 aliphatic carbocycles. The number of aryl methyl sites for hydroxylation is 1. The third-order valence-corrected chi connectivity index (χ3v) is 6.64. The minimum atomic E-state index is -0.871. The second-order valence-electron chi connectivity index (χ2n) is 9.64. The third-order valence-electron chi connectivity index (χ3n) is 6.64. The summed E-state index contributed by atoms with van der Waals surface area (Å²) in [5.74, 6) is -0.871. The molecule has 0 aromatic heterocycles. The summed E-state index contributed by atoms with van der Waals surface area (Å²) in [6, 6.07) is 14.2. The summed E-state index contributed by atoms with van der Waals surface area (Å²) in [5.41, 5.74) is 4.55. The van der Waals surface area contributed by atoms with E-state index in [4.69, 9.17) is 0 Å². The molecule has 2 rings (SSSR count). The third kappa shape index (κ3) is 10.7. The average molecular weight is 463 g/mol. The highest BCUT2D eigenvalue weighted by Gasteiger charge is 2.12. The van der Waals surface area contributed by atoms with Crippen LogP contribution in [0.2, 0.25) is 0 Å². The Kier molecular flexibility index (Phi) is 14.1. The van der Waals surface area contributed by atoms with Gasteiger partial charge in [0.15, 0.2) is 0 Å². The molecule has 186 valence electrons. The average Bonchev–Trinajstić information content (AvgIpc) is 2.85. The van der Waals surface area contributed by atoms with Crippen molar-refractivity contribution in [3.63, 3.8) is 0 Å². The van der Waals surface area contributed by atoms with Gasteiger partial charge in [-0.25, -0.2) is 4.79 Å². The number of carbonyl (C=O) groups is 1. The zero-order valence-electron chi connectivity index (χ0n) is 21.7.